The van der Waals surface area contributed by atoms with Crippen LogP contribution in [-0.4, -0.2) is 14.2 Å². The third kappa shape index (κ3) is 3.77. The molecule has 1 N–H and O–H groups in total. The number of methoxy groups -OCH3 is 2. The van der Waals surface area contributed by atoms with Crippen molar-refractivity contribution in [3.63, 3.8) is 0 Å². The molecule has 1 aromatic heterocycles. The lowest BCUT2D eigenvalue weighted by molar-refractivity contribution is 0.353. The molecule has 0 aliphatic rings. The molecule has 2 rings (SSSR count). The average molecular weight is 305 g/mol. The molecule has 0 saturated heterocycles. The third-order valence-corrected chi connectivity index (χ3v) is 4.64. The van der Waals surface area contributed by atoms with E-state index in [4.69, 9.17) is 9.47 Å². The summed E-state index contributed by atoms with van der Waals surface area (Å²) in [5.74, 6) is 1.53. The SMILES string of the molecule is CCC(NC(C)c1ccc(OC)c(OC)c1)c1cccs1. The van der Waals surface area contributed by atoms with Gasteiger partial charge in [0.1, 0.15) is 0 Å². The molecule has 0 aliphatic heterocycles. The number of thiophene rings is 1. The largest absolute Gasteiger partial charge is 0.493 e. The Hall–Kier alpha value is -1.52. The maximum atomic E-state index is 5.38. The van der Waals surface area contributed by atoms with Gasteiger partial charge in [-0.3, -0.25) is 0 Å². The molecule has 0 saturated carbocycles. The summed E-state index contributed by atoms with van der Waals surface area (Å²) in [4.78, 5) is 1.38. The summed E-state index contributed by atoms with van der Waals surface area (Å²) in [7, 11) is 3.32. The highest BCUT2D eigenvalue weighted by molar-refractivity contribution is 7.10. The lowest BCUT2D eigenvalue weighted by atomic mass is 10.1. The minimum Gasteiger partial charge on any atom is -0.493 e. The molecule has 0 aliphatic carbocycles. The van der Waals surface area contributed by atoms with Crippen molar-refractivity contribution in [2.75, 3.05) is 14.2 Å². The summed E-state index contributed by atoms with van der Waals surface area (Å²) in [6.45, 7) is 4.39. The van der Waals surface area contributed by atoms with Gasteiger partial charge in [-0.05, 0) is 42.5 Å². The second-order valence-electron chi connectivity index (χ2n) is 4.98. The van der Waals surface area contributed by atoms with E-state index in [9.17, 15) is 0 Å². The molecule has 0 radical (unpaired) electrons. The van der Waals surface area contributed by atoms with Crippen molar-refractivity contribution in [2.24, 2.45) is 0 Å². The topological polar surface area (TPSA) is 30.5 Å². The lowest BCUT2D eigenvalue weighted by Crippen LogP contribution is -2.23. The van der Waals surface area contributed by atoms with E-state index in [1.54, 1.807) is 25.6 Å². The summed E-state index contributed by atoms with van der Waals surface area (Å²) in [6, 6.07) is 11.0. The van der Waals surface area contributed by atoms with Gasteiger partial charge in [0.15, 0.2) is 11.5 Å². The number of hydrogen-bond acceptors (Lipinski definition) is 4. The second kappa shape index (κ2) is 7.48. The molecule has 2 aromatic rings. The highest BCUT2D eigenvalue weighted by Crippen LogP contribution is 2.31. The number of ether oxygens (including phenoxy) is 2. The van der Waals surface area contributed by atoms with Crippen LogP contribution in [-0.2, 0) is 0 Å². The molecular weight excluding hydrogens is 282 g/mol. The quantitative estimate of drug-likeness (QED) is 0.813. The van der Waals surface area contributed by atoms with Gasteiger partial charge in [-0.25, -0.2) is 0 Å². The van der Waals surface area contributed by atoms with E-state index in [2.05, 4.69) is 42.7 Å². The van der Waals surface area contributed by atoms with Gasteiger partial charge in [0.05, 0.1) is 14.2 Å². The van der Waals surface area contributed by atoms with Crippen LogP contribution in [0.2, 0.25) is 0 Å². The number of hydrogen-bond donors (Lipinski definition) is 1. The Labute approximate surface area is 130 Å². The van der Waals surface area contributed by atoms with Crippen LogP contribution in [0.3, 0.4) is 0 Å². The van der Waals surface area contributed by atoms with Crippen LogP contribution in [0.15, 0.2) is 35.7 Å². The first-order chi connectivity index (χ1) is 10.2. The van der Waals surface area contributed by atoms with E-state index in [-0.39, 0.29) is 6.04 Å². The Morgan fingerprint density at radius 2 is 1.90 bits per heavy atom. The third-order valence-electron chi connectivity index (χ3n) is 3.65. The van der Waals surface area contributed by atoms with Crippen LogP contribution >= 0.6 is 11.3 Å². The van der Waals surface area contributed by atoms with Crippen molar-refractivity contribution < 1.29 is 9.47 Å². The van der Waals surface area contributed by atoms with Crippen LogP contribution in [0.4, 0.5) is 0 Å². The highest BCUT2D eigenvalue weighted by atomic mass is 32.1. The first-order valence-corrected chi connectivity index (χ1v) is 8.09. The van der Waals surface area contributed by atoms with Gasteiger partial charge < -0.3 is 14.8 Å². The summed E-state index contributed by atoms with van der Waals surface area (Å²) in [5.41, 5.74) is 1.20. The standard InChI is InChI=1S/C17H23NO2S/c1-5-14(17-7-6-10-21-17)18-12(2)13-8-9-15(19-3)16(11-13)20-4/h6-12,14,18H,5H2,1-4H3. The van der Waals surface area contributed by atoms with Gasteiger partial charge in [-0.2, -0.15) is 0 Å². The fraction of sp³-hybridized carbons (Fsp3) is 0.412. The molecule has 0 fully saturated rings. The predicted octanol–water partition coefficient (Wildman–Crippen LogP) is 4.57. The molecule has 4 heteroatoms. The number of nitrogens with one attached hydrogen (secondary N) is 1. The van der Waals surface area contributed by atoms with Crippen LogP contribution in [0.5, 0.6) is 11.5 Å². The Morgan fingerprint density at radius 3 is 2.48 bits per heavy atom. The monoisotopic (exact) mass is 305 g/mol. The summed E-state index contributed by atoms with van der Waals surface area (Å²) < 4.78 is 10.7. The zero-order chi connectivity index (χ0) is 15.2. The van der Waals surface area contributed by atoms with Crippen molar-refractivity contribution in [3.05, 3.63) is 46.2 Å². The zero-order valence-electron chi connectivity index (χ0n) is 13.1. The van der Waals surface area contributed by atoms with Crippen molar-refractivity contribution in [1.29, 1.82) is 0 Å². The van der Waals surface area contributed by atoms with Gasteiger partial charge in [-0.1, -0.05) is 19.1 Å². The molecule has 21 heavy (non-hydrogen) atoms. The molecule has 0 spiro atoms. The Morgan fingerprint density at radius 1 is 1.14 bits per heavy atom. The Bertz CT molecular complexity index is 554. The van der Waals surface area contributed by atoms with Gasteiger partial charge in [0.2, 0.25) is 0 Å². The maximum absolute atomic E-state index is 5.38. The minimum atomic E-state index is 0.247. The predicted molar refractivity (Wildman–Crippen MR) is 88.4 cm³/mol. The normalized spacial score (nSPS) is 13.7. The maximum Gasteiger partial charge on any atom is 0.161 e. The first kappa shape index (κ1) is 15.9. The van der Waals surface area contributed by atoms with E-state index in [0.717, 1.165) is 17.9 Å². The molecule has 1 aromatic carbocycles. The Kier molecular flexibility index (Phi) is 5.65. The van der Waals surface area contributed by atoms with Gasteiger partial charge in [0, 0.05) is 17.0 Å². The molecule has 0 bridgehead atoms. The fourth-order valence-electron chi connectivity index (χ4n) is 2.41. The van der Waals surface area contributed by atoms with Crippen LogP contribution in [0.1, 0.15) is 42.8 Å². The average Bonchev–Trinajstić information content (AvgIpc) is 3.05. The van der Waals surface area contributed by atoms with Crippen LogP contribution in [0, 0.1) is 0 Å². The zero-order valence-corrected chi connectivity index (χ0v) is 13.9. The first-order valence-electron chi connectivity index (χ1n) is 7.21. The van der Waals surface area contributed by atoms with E-state index < -0.39 is 0 Å². The molecule has 2 unspecified atom stereocenters. The van der Waals surface area contributed by atoms with Crippen molar-refractivity contribution in [1.82, 2.24) is 5.32 Å². The molecular formula is C17H23NO2S. The van der Waals surface area contributed by atoms with E-state index in [1.165, 1.54) is 10.4 Å². The van der Waals surface area contributed by atoms with Crippen molar-refractivity contribution >= 4 is 11.3 Å². The minimum absolute atomic E-state index is 0.247. The van der Waals surface area contributed by atoms with Gasteiger partial charge in [0.25, 0.3) is 0 Å². The van der Waals surface area contributed by atoms with Crippen LogP contribution in [0.25, 0.3) is 0 Å². The molecule has 1 heterocycles. The van der Waals surface area contributed by atoms with Crippen molar-refractivity contribution in [3.8, 4) is 11.5 Å². The van der Waals surface area contributed by atoms with Crippen molar-refractivity contribution in [2.45, 2.75) is 32.4 Å². The van der Waals surface area contributed by atoms with Crippen LogP contribution < -0.4 is 14.8 Å². The van der Waals surface area contributed by atoms with E-state index in [0.29, 0.717) is 6.04 Å². The second-order valence-corrected chi connectivity index (χ2v) is 5.96. The molecule has 114 valence electrons. The smallest absolute Gasteiger partial charge is 0.161 e. The highest BCUT2D eigenvalue weighted by Gasteiger charge is 2.16. The lowest BCUT2D eigenvalue weighted by Gasteiger charge is -2.22. The fourth-order valence-corrected chi connectivity index (χ4v) is 3.28. The van der Waals surface area contributed by atoms with Gasteiger partial charge in [-0.15, -0.1) is 11.3 Å². The molecule has 0 amide bonds. The number of rotatable bonds is 7. The van der Waals surface area contributed by atoms with E-state index in [1.807, 2.05) is 12.1 Å². The summed E-state index contributed by atoms with van der Waals surface area (Å²) in [6.07, 6.45) is 1.07. The summed E-state index contributed by atoms with van der Waals surface area (Å²) in [5, 5.41) is 5.81. The Balaban J connectivity index is 2.14. The van der Waals surface area contributed by atoms with E-state index >= 15 is 0 Å². The van der Waals surface area contributed by atoms with Gasteiger partial charge >= 0.3 is 0 Å². The molecule has 3 nitrogen and oxygen atoms in total. The molecule has 2 atom stereocenters. The number of benzene rings is 1. The summed E-state index contributed by atoms with van der Waals surface area (Å²) >= 11 is 1.80.